The Morgan fingerprint density at radius 3 is 2.71 bits per heavy atom. The molecule has 1 aliphatic heterocycles. The monoisotopic (exact) mass is 388 g/mol. The van der Waals surface area contributed by atoms with E-state index in [4.69, 9.17) is 4.42 Å². The zero-order valence-electron chi connectivity index (χ0n) is 15.3. The van der Waals surface area contributed by atoms with Crippen LogP contribution >= 0.6 is 0 Å². The van der Waals surface area contributed by atoms with Crippen LogP contribution < -0.4 is 0 Å². The fourth-order valence-electron chi connectivity index (χ4n) is 3.65. The van der Waals surface area contributed by atoms with Crippen molar-refractivity contribution < 1.29 is 22.4 Å². The lowest BCUT2D eigenvalue weighted by Crippen LogP contribution is -2.44. The topological polar surface area (TPSA) is 46.3 Å². The number of alkyl halides is 3. The van der Waals surface area contributed by atoms with E-state index < -0.39 is 18.0 Å². The van der Waals surface area contributed by atoms with E-state index in [0.717, 1.165) is 0 Å². The maximum atomic E-state index is 13.2. The van der Waals surface area contributed by atoms with Crippen molar-refractivity contribution in [3.8, 4) is 11.5 Å². The van der Waals surface area contributed by atoms with Gasteiger partial charge in [-0.3, -0.25) is 4.79 Å². The Morgan fingerprint density at radius 2 is 2.00 bits per heavy atom. The van der Waals surface area contributed by atoms with Crippen molar-refractivity contribution in [2.45, 2.75) is 25.9 Å². The Balaban J connectivity index is 1.75. The molecule has 1 saturated heterocycles. The summed E-state index contributed by atoms with van der Waals surface area (Å²) in [6.07, 6.45) is -3.90. The van der Waals surface area contributed by atoms with Crippen molar-refractivity contribution in [1.82, 2.24) is 9.88 Å². The average molecular weight is 388 g/mol. The molecule has 0 N–H and O–H groups in total. The molecule has 7 heteroatoms. The van der Waals surface area contributed by atoms with E-state index in [1.165, 1.54) is 4.90 Å². The molecule has 0 unspecified atom stereocenters. The number of hydrogen-bond acceptors (Lipinski definition) is 3. The number of nitrogens with zero attached hydrogens (tertiary/aromatic N) is 2. The van der Waals surface area contributed by atoms with Gasteiger partial charge < -0.3 is 9.32 Å². The molecule has 0 radical (unpaired) electrons. The van der Waals surface area contributed by atoms with E-state index in [1.807, 2.05) is 6.92 Å². The molecule has 3 aromatic rings. The number of halogens is 3. The number of rotatable bonds is 2. The standard InChI is InChI=1S/C21H19F3N2O2/c1-13-8-9-19(28-13)18-11-16(15-6-2-3-7-17(15)25-18)20(27)26-10-4-5-14(12-26)21(22,23)24/h2-3,6-9,11,14H,4-5,10,12H2,1H3/t14-/m0/s1. The Hall–Kier alpha value is -2.83. The predicted octanol–water partition coefficient (Wildman–Crippen LogP) is 5.22. The van der Waals surface area contributed by atoms with Crippen molar-refractivity contribution in [1.29, 1.82) is 0 Å². The average Bonchev–Trinajstić information content (AvgIpc) is 3.12. The molecule has 2 aromatic heterocycles. The summed E-state index contributed by atoms with van der Waals surface area (Å²) in [7, 11) is 0. The van der Waals surface area contributed by atoms with Crippen LogP contribution in [0.1, 0.15) is 29.0 Å². The summed E-state index contributed by atoms with van der Waals surface area (Å²) in [6, 6.07) is 12.3. The predicted molar refractivity (Wildman–Crippen MR) is 98.9 cm³/mol. The fraction of sp³-hybridized carbons (Fsp3) is 0.333. The van der Waals surface area contributed by atoms with Crippen LogP contribution in [0.3, 0.4) is 0 Å². The normalized spacial score (nSPS) is 17.9. The SMILES string of the molecule is Cc1ccc(-c2cc(C(=O)N3CCC[C@H](C(F)(F)F)C3)c3ccccc3n2)o1. The zero-order chi connectivity index (χ0) is 19.9. The summed E-state index contributed by atoms with van der Waals surface area (Å²) >= 11 is 0. The second kappa shape index (κ2) is 6.96. The van der Waals surface area contributed by atoms with Gasteiger partial charge in [0.15, 0.2) is 5.76 Å². The molecular formula is C21H19F3N2O2. The molecule has 146 valence electrons. The first-order valence-electron chi connectivity index (χ1n) is 9.15. The minimum absolute atomic E-state index is 0.0568. The molecule has 4 rings (SSSR count). The van der Waals surface area contributed by atoms with E-state index in [2.05, 4.69) is 4.98 Å². The van der Waals surface area contributed by atoms with Gasteiger partial charge >= 0.3 is 6.18 Å². The van der Waals surface area contributed by atoms with Crippen molar-refractivity contribution in [3.05, 3.63) is 53.8 Å². The molecule has 1 amide bonds. The summed E-state index contributed by atoms with van der Waals surface area (Å²) in [4.78, 5) is 19.0. The first-order valence-corrected chi connectivity index (χ1v) is 9.15. The minimum Gasteiger partial charge on any atom is -0.460 e. The quantitative estimate of drug-likeness (QED) is 0.605. The highest BCUT2D eigenvalue weighted by molar-refractivity contribution is 6.07. The smallest absolute Gasteiger partial charge is 0.393 e. The lowest BCUT2D eigenvalue weighted by atomic mass is 9.96. The molecule has 1 aromatic carbocycles. The van der Waals surface area contributed by atoms with Crippen molar-refractivity contribution in [3.63, 3.8) is 0 Å². The van der Waals surface area contributed by atoms with Crippen LogP contribution in [0, 0.1) is 12.8 Å². The van der Waals surface area contributed by atoms with Gasteiger partial charge in [0, 0.05) is 18.5 Å². The molecule has 4 nitrogen and oxygen atoms in total. The Labute approximate surface area is 160 Å². The molecule has 3 heterocycles. The second-order valence-corrected chi connectivity index (χ2v) is 7.11. The molecule has 1 aliphatic rings. The van der Waals surface area contributed by atoms with Crippen LogP contribution in [0.25, 0.3) is 22.4 Å². The van der Waals surface area contributed by atoms with Crippen LogP contribution in [0.2, 0.25) is 0 Å². The van der Waals surface area contributed by atoms with E-state index in [1.54, 1.807) is 42.5 Å². The minimum atomic E-state index is -4.30. The number of furan rings is 1. The number of carbonyl (C=O) groups excluding carboxylic acids is 1. The lowest BCUT2D eigenvalue weighted by Gasteiger charge is -2.34. The molecule has 0 spiro atoms. The highest BCUT2D eigenvalue weighted by atomic mass is 19.4. The van der Waals surface area contributed by atoms with Crippen molar-refractivity contribution >= 4 is 16.8 Å². The van der Waals surface area contributed by atoms with E-state index in [9.17, 15) is 18.0 Å². The van der Waals surface area contributed by atoms with Gasteiger partial charge in [0.2, 0.25) is 0 Å². The highest BCUT2D eigenvalue weighted by Crippen LogP contribution is 2.34. The second-order valence-electron chi connectivity index (χ2n) is 7.11. The van der Waals surface area contributed by atoms with Gasteiger partial charge in [0.1, 0.15) is 11.5 Å². The number of benzene rings is 1. The summed E-state index contributed by atoms with van der Waals surface area (Å²) in [5.74, 6) is -0.659. The first kappa shape index (κ1) is 18.5. The number of pyridine rings is 1. The molecule has 1 atom stereocenters. The highest BCUT2D eigenvalue weighted by Gasteiger charge is 2.43. The van der Waals surface area contributed by atoms with Gasteiger partial charge in [0.25, 0.3) is 5.91 Å². The number of likely N-dealkylation sites (tertiary alicyclic amines) is 1. The maximum Gasteiger partial charge on any atom is 0.393 e. The molecule has 0 aliphatic carbocycles. The summed E-state index contributed by atoms with van der Waals surface area (Å²) in [6.45, 7) is 1.81. The van der Waals surface area contributed by atoms with Crippen LogP contribution in [0.4, 0.5) is 13.2 Å². The zero-order valence-corrected chi connectivity index (χ0v) is 15.3. The maximum absolute atomic E-state index is 13.2. The number of hydrogen-bond donors (Lipinski definition) is 0. The van der Waals surface area contributed by atoms with Crippen LogP contribution in [-0.2, 0) is 0 Å². The number of amides is 1. The molecule has 28 heavy (non-hydrogen) atoms. The molecule has 1 fully saturated rings. The Morgan fingerprint density at radius 1 is 1.21 bits per heavy atom. The van der Waals surface area contributed by atoms with Crippen LogP contribution in [0.5, 0.6) is 0 Å². The summed E-state index contributed by atoms with van der Waals surface area (Å²) in [5, 5.41) is 0.619. The van der Waals surface area contributed by atoms with Gasteiger partial charge in [-0.15, -0.1) is 0 Å². The van der Waals surface area contributed by atoms with Gasteiger partial charge in [-0.25, -0.2) is 4.98 Å². The van der Waals surface area contributed by atoms with E-state index in [-0.39, 0.29) is 13.0 Å². The van der Waals surface area contributed by atoms with Gasteiger partial charge in [0.05, 0.1) is 17.0 Å². The summed E-state index contributed by atoms with van der Waals surface area (Å²) < 4.78 is 45.1. The molecule has 0 bridgehead atoms. The number of aromatic nitrogens is 1. The number of piperidine rings is 1. The van der Waals surface area contributed by atoms with Crippen molar-refractivity contribution in [2.75, 3.05) is 13.1 Å². The summed E-state index contributed by atoms with van der Waals surface area (Å²) in [5.41, 5.74) is 1.43. The third kappa shape index (κ3) is 3.48. The van der Waals surface area contributed by atoms with E-state index in [0.29, 0.717) is 46.6 Å². The number of para-hydroxylation sites is 1. The number of aryl methyl sites for hydroxylation is 1. The fourth-order valence-corrected chi connectivity index (χ4v) is 3.65. The number of fused-ring (bicyclic) bond motifs is 1. The third-order valence-electron chi connectivity index (χ3n) is 5.11. The number of carbonyl (C=O) groups is 1. The van der Waals surface area contributed by atoms with Gasteiger partial charge in [-0.1, -0.05) is 18.2 Å². The van der Waals surface area contributed by atoms with Crippen LogP contribution in [-0.4, -0.2) is 35.1 Å². The Bertz CT molecular complexity index is 1030. The molecular weight excluding hydrogens is 369 g/mol. The van der Waals surface area contributed by atoms with Crippen LogP contribution in [0.15, 0.2) is 46.9 Å². The molecule has 0 saturated carbocycles. The third-order valence-corrected chi connectivity index (χ3v) is 5.11. The van der Waals surface area contributed by atoms with Crippen molar-refractivity contribution in [2.24, 2.45) is 5.92 Å². The first-order chi connectivity index (χ1) is 13.3. The van der Waals surface area contributed by atoms with Gasteiger partial charge in [-0.2, -0.15) is 13.2 Å². The van der Waals surface area contributed by atoms with Gasteiger partial charge in [-0.05, 0) is 44.0 Å². The van der Waals surface area contributed by atoms with E-state index >= 15 is 0 Å². The Kier molecular flexibility index (Phi) is 4.61. The lowest BCUT2D eigenvalue weighted by molar-refractivity contribution is -0.184. The largest absolute Gasteiger partial charge is 0.460 e.